The normalized spacial score (nSPS) is 13.1. The molecular formula is C14H28N2O2S. The summed E-state index contributed by atoms with van der Waals surface area (Å²) in [5, 5.41) is 8.10. The summed E-state index contributed by atoms with van der Waals surface area (Å²) in [5.41, 5.74) is 0. The maximum Gasteiger partial charge on any atom is 0.227 e. The Balaban J connectivity index is 3.95. The Morgan fingerprint density at radius 2 is 1.58 bits per heavy atom. The van der Waals surface area contributed by atoms with Crippen LogP contribution < -0.4 is 4.72 Å². The third-order valence-electron chi connectivity index (χ3n) is 3.17. The summed E-state index contributed by atoms with van der Waals surface area (Å²) in [6.45, 7) is 4.61. The van der Waals surface area contributed by atoms with Gasteiger partial charge in [-0.25, -0.2) is 13.1 Å². The quantitative estimate of drug-likeness (QED) is 0.560. The summed E-state index contributed by atoms with van der Waals surface area (Å²) >= 11 is 0. The molecule has 0 rings (SSSR count). The SMILES string of the molecule is CCCCCCCCC(C#N)S(=O)(=O)NCCCC. The Bertz CT molecular complexity index is 347. The van der Waals surface area contributed by atoms with Crippen LogP contribution in [-0.2, 0) is 10.0 Å². The van der Waals surface area contributed by atoms with E-state index < -0.39 is 15.3 Å². The van der Waals surface area contributed by atoms with Crippen LogP contribution in [0, 0.1) is 11.3 Å². The minimum absolute atomic E-state index is 0.438. The standard InChI is InChI=1S/C14H28N2O2S/c1-3-5-7-8-9-10-11-14(13-15)19(17,18)16-12-6-4-2/h14,16H,3-12H2,1-2H3. The second-order valence-electron chi connectivity index (χ2n) is 4.97. The van der Waals surface area contributed by atoms with E-state index in [1.807, 2.05) is 13.0 Å². The highest BCUT2D eigenvalue weighted by Crippen LogP contribution is 2.12. The minimum Gasteiger partial charge on any atom is -0.214 e. The van der Waals surface area contributed by atoms with Gasteiger partial charge in [0.05, 0.1) is 6.07 Å². The van der Waals surface area contributed by atoms with Gasteiger partial charge in [-0.15, -0.1) is 0 Å². The van der Waals surface area contributed by atoms with Gasteiger partial charge in [0, 0.05) is 6.54 Å². The highest BCUT2D eigenvalue weighted by Gasteiger charge is 2.23. The molecule has 0 aliphatic carbocycles. The molecule has 19 heavy (non-hydrogen) atoms. The molecule has 0 aliphatic heterocycles. The molecule has 0 heterocycles. The van der Waals surface area contributed by atoms with Crippen molar-refractivity contribution in [2.45, 2.75) is 76.9 Å². The van der Waals surface area contributed by atoms with Gasteiger partial charge >= 0.3 is 0 Å². The van der Waals surface area contributed by atoms with E-state index in [-0.39, 0.29) is 0 Å². The van der Waals surface area contributed by atoms with E-state index in [9.17, 15) is 8.42 Å². The highest BCUT2D eigenvalue weighted by atomic mass is 32.2. The average Bonchev–Trinajstić information content (AvgIpc) is 2.38. The van der Waals surface area contributed by atoms with Gasteiger partial charge in [-0.3, -0.25) is 0 Å². The summed E-state index contributed by atoms with van der Waals surface area (Å²) in [7, 11) is -3.45. The number of sulfonamides is 1. The van der Waals surface area contributed by atoms with Crippen LogP contribution in [0.1, 0.15) is 71.6 Å². The molecule has 112 valence electrons. The van der Waals surface area contributed by atoms with Crippen LogP contribution in [0.5, 0.6) is 0 Å². The zero-order valence-corrected chi connectivity index (χ0v) is 13.1. The van der Waals surface area contributed by atoms with Crippen molar-refractivity contribution >= 4 is 10.0 Å². The van der Waals surface area contributed by atoms with E-state index in [0.29, 0.717) is 13.0 Å². The first-order valence-corrected chi connectivity index (χ1v) is 9.01. The lowest BCUT2D eigenvalue weighted by Crippen LogP contribution is -2.34. The Hall–Kier alpha value is -0.600. The molecular weight excluding hydrogens is 260 g/mol. The molecule has 1 atom stereocenters. The van der Waals surface area contributed by atoms with Gasteiger partial charge in [0.15, 0.2) is 5.25 Å². The lowest BCUT2D eigenvalue weighted by atomic mass is 10.1. The van der Waals surface area contributed by atoms with Gasteiger partial charge in [-0.1, -0.05) is 58.8 Å². The fourth-order valence-corrected chi connectivity index (χ4v) is 3.14. The lowest BCUT2D eigenvalue weighted by molar-refractivity contribution is 0.553. The summed E-state index contributed by atoms with van der Waals surface area (Å²) in [5.74, 6) is 0. The second kappa shape index (κ2) is 11.2. The topological polar surface area (TPSA) is 70.0 Å². The average molecular weight is 288 g/mol. The Morgan fingerprint density at radius 3 is 2.16 bits per heavy atom. The van der Waals surface area contributed by atoms with Gasteiger partial charge in [0.25, 0.3) is 0 Å². The maximum atomic E-state index is 11.9. The van der Waals surface area contributed by atoms with Crippen molar-refractivity contribution in [1.29, 1.82) is 5.26 Å². The van der Waals surface area contributed by atoms with Gasteiger partial charge in [-0.05, 0) is 12.8 Å². The number of hydrogen-bond acceptors (Lipinski definition) is 3. The molecule has 0 radical (unpaired) electrons. The van der Waals surface area contributed by atoms with Crippen molar-refractivity contribution in [2.75, 3.05) is 6.54 Å². The molecule has 0 aromatic carbocycles. The largest absolute Gasteiger partial charge is 0.227 e. The van der Waals surface area contributed by atoms with E-state index in [0.717, 1.165) is 32.1 Å². The molecule has 0 aliphatic rings. The van der Waals surface area contributed by atoms with Crippen LogP contribution in [-0.4, -0.2) is 20.2 Å². The molecule has 4 nitrogen and oxygen atoms in total. The maximum absolute atomic E-state index is 11.9. The predicted octanol–water partition coefficient (Wildman–Crippen LogP) is 3.35. The van der Waals surface area contributed by atoms with E-state index in [1.54, 1.807) is 0 Å². The van der Waals surface area contributed by atoms with Crippen molar-refractivity contribution < 1.29 is 8.42 Å². The first-order chi connectivity index (χ1) is 9.08. The predicted molar refractivity (Wildman–Crippen MR) is 79.2 cm³/mol. The van der Waals surface area contributed by atoms with Crippen molar-refractivity contribution in [3.8, 4) is 6.07 Å². The fraction of sp³-hybridized carbons (Fsp3) is 0.929. The van der Waals surface area contributed by atoms with E-state index >= 15 is 0 Å². The molecule has 0 bridgehead atoms. The fourth-order valence-electron chi connectivity index (χ4n) is 1.89. The van der Waals surface area contributed by atoms with Crippen LogP contribution in [0.15, 0.2) is 0 Å². The van der Waals surface area contributed by atoms with Crippen LogP contribution in [0.3, 0.4) is 0 Å². The zero-order valence-electron chi connectivity index (χ0n) is 12.3. The minimum atomic E-state index is -3.45. The van der Waals surface area contributed by atoms with Crippen molar-refractivity contribution in [3.63, 3.8) is 0 Å². The third-order valence-corrected chi connectivity index (χ3v) is 4.87. The number of hydrogen-bond donors (Lipinski definition) is 1. The number of unbranched alkanes of at least 4 members (excludes halogenated alkanes) is 6. The van der Waals surface area contributed by atoms with Crippen LogP contribution in [0.2, 0.25) is 0 Å². The Labute approximate surface area is 118 Å². The Kier molecular flexibility index (Phi) is 10.9. The molecule has 0 amide bonds. The van der Waals surface area contributed by atoms with Crippen molar-refractivity contribution in [3.05, 3.63) is 0 Å². The first kappa shape index (κ1) is 18.4. The zero-order chi connectivity index (χ0) is 14.6. The van der Waals surface area contributed by atoms with Gasteiger partial charge < -0.3 is 0 Å². The number of nitrogens with zero attached hydrogens (tertiary/aromatic N) is 1. The summed E-state index contributed by atoms with van der Waals surface area (Å²) in [6.07, 6.45) is 8.81. The molecule has 0 fully saturated rings. The second-order valence-corrected chi connectivity index (χ2v) is 6.91. The third kappa shape index (κ3) is 9.01. The van der Waals surface area contributed by atoms with E-state index in [4.69, 9.17) is 5.26 Å². The van der Waals surface area contributed by atoms with Gasteiger partial charge in [0.2, 0.25) is 10.0 Å². The first-order valence-electron chi connectivity index (χ1n) is 7.46. The summed E-state index contributed by atoms with van der Waals surface area (Å²) in [6, 6.07) is 1.92. The van der Waals surface area contributed by atoms with Crippen LogP contribution in [0.4, 0.5) is 0 Å². The lowest BCUT2D eigenvalue weighted by Gasteiger charge is -2.11. The number of rotatable bonds is 12. The smallest absolute Gasteiger partial charge is 0.214 e. The molecule has 0 aromatic heterocycles. The number of nitrogens with one attached hydrogen (secondary N) is 1. The van der Waals surface area contributed by atoms with Crippen molar-refractivity contribution in [2.24, 2.45) is 0 Å². The molecule has 1 unspecified atom stereocenters. The van der Waals surface area contributed by atoms with Crippen LogP contribution >= 0.6 is 0 Å². The molecule has 1 N–H and O–H groups in total. The molecule has 0 saturated heterocycles. The molecule has 5 heteroatoms. The van der Waals surface area contributed by atoms with E-state index in [2.05, 4.69) is 11.6 Å². The Morgan fingerprint density at radius 1 is 1.00 bits per heavy atom. The molecule has 0 spiro atoms. The van der Waals surface area contributed by atoms with Crippen molar-refractivity contribution in [1.82, 2.24) is 4.72 Å². The van der Waals surface area contributed by atoms with Crippen LogP contribution in [0.25, 0.3) is 0 Å². The monoisotopic (exact) mass is 288 g/mol. The number of nitriles is 1. The van der Waals surface area contributed by atoms with E-state index in [1.165, 1.54) is 19.3 Å². The molecule has 0 aromatic rings. The van der Waals surface area contributed by atoms with Gasteiger partial charge in [-0.2, -0.15) is 5.26 Å². The molecule has 0 saturated carbocycles. The highest BCUT2D eigenvalue weighted by molar-refractivity contribution is 7.90. The van der Waals surface area contributed by atoms with Gasteiger partial charge in [0.1, 0.15) is 0 Å². The summed E-state index contributed by atoms with van der Waals surface area (Å²) < 4.78 is 26.3. The summed E-state index contributed by atoms with van der Waals surface area (Å²) in [4.78, 5) is 0.